The lowest BCUT2D eigenvalue weighted by atomic mass is 10.2. The Hall–Kier alpha value is -1.52. The van der Waals surface area contributed by atoms with Gasteiger partial charge >= 0.3 is 0 Å². The predicted molar refractivity (Wildman–Crippen MR) is 75.8 cm³/mol. The number of nitrogens with one attached hydrogen (secondary N) is 2. The first-order valence-corrected chi connectivity index (χ1v) is 6.68. The van der Waals surface area contributed by atoms with E-state index in [-0.39, 0.29) is 0 Å². The highest BCUT2D eigenvalue weighted by atomic mass is 15.2. The van der Waals surface area contributed by atoms with E-state index in [1.165, 1.54) is 24.8 Å². The first kappa shape index (κ1) is 14.5. The summed E-state index contributed by atoms with van der Waals surface area (Å²) >= 11 is 0. The molecule has 0 saturated heterocycles. The summed E-state index contributed by atoms with van der Waals surface area (Å²) in [6.45, 7) is 4.07. The molecule has 102 valence electrons. The molecule has 5 heteroatoms. The lowest BCUT2D eigenvalue weighted by Crippen LogP contribution is -2.38. The van der Waals surface area contributed by atoms with Crippen molar-refractivity contribution >= 4 is 5.96 Å². The van der Waals surface area contributed by atoms with Crippen LogP contribution in [0.1, 0.15) is 31.7 Å². The number of hydrogen-bond acceptors (Lipinski definition) is 2. The van der Waals surface area contributed by atoms with Gasteiger partial charge in [-0.25, -0.2) is 0 Å². The minimum Gasteiger partial charge on any atom is -0.356 e. The second-order valence-corrected chi connectivity index (χ2v) is 4.41. The van der Waals surface area contributed by atoms with Crippen molar-refractivity contribution in [2.45, 2.75) is 32.6 Å². The molecular formula is C13H25N5. The van der Waals surface area contributed by atoms with Gasteiger partial charge in [0.05, 0.1) is 6.20 Å². The molecule has 18 heavy (non-hydrogen) atoms. The number of nitrogens with zero attached hydrogens (tertiary/aromatic N) is 3. The van der Waals surface area contributed by atoms with Crippen molar-refractivity contribution in [2.24, 2.45) is 12.0 Å². The van der Waals surface area contributed by atoms with Gasteiger partial charge in [-0.05, 0) is 18.4 Å². The Labute approximate surface area is 110 Å². The molecule has 0 aliphatic carbocycles. The van der Waals surface area contributed by atoms with Crippen LogP contribution in [0.25, 0.3) is 0 Å². The van der Waals surface area contributed by atoms with E-state index in [1.807, 2.05) is 24.1 Å². The van der Waals surface area contributed by atoms with Crippen LogP contribution < -0.4 is 10.6 Å². The quantitative estimate of drug-likeness (QED) is 0.436. The van der Waals surface area contributed by atoms with E-state index in [0.29, 0.717) is 0 Å². The van der Waals surface area contributed by atoms with E-state index < -0.39 is 0 Å². The second-order valence-electron chi connectivity index (χ2n) is 4.41. The zero-order valence-corrected chi connectivity index (χ0v) is 11.7. The molecular weight excluding hydrogens is 226 g/mol. The van der Waals surface area contributed by atoms with Crippen molar-refractivity contribution in [1.82, 2.24) is 20.4 Å². The third-order valence-corrected chi connectivity index (χ3v) is 2.76. The van der Waals surface area contributed by atoms with Gasteiger partial charge in [-0.2, -0.15) is 5.10 Å². The minimum absolute atomic E-state index is 0.874. The average molecular weight is 251 g/mol. The van der Waals surface area contributed by atoms with Crippen LogP contribution in [0.3, 0.4) is 0 Å². The molecule has 0 fully saturated rings. The van der Waals surface area contributed by atoms with Crippen molar-refractivity contribution < 1.29 is 0 Å². The Morgan fingerprint density at radius 1 is 1.33 bits per heavy atom. The summed E-state index contributed by atoms with van der Waals surface area (Å²) in [5.74, 6) is 0.884. The maximum atomic E-state index is 4.20. The van der Waals surface area contributed by atoms with Gasteiger partial charge in [-0.3, -0.25) is 9.67 Å². The summed E-state index contributed by atoms with van der Waals surface area (Å²) in [5.41, 5.74) is 1.24. The molecule has 0 radical (unpaired) electrons. The first-order chi connectivity index (χ1) is 8.76. The summed E-state index contributed by atoms with van der Waals surface area (Å²) in [4.78, 5) is 4.20. The zero-order chi connectivity index (χ0) is 13.2. The van der Waals surface area contributed by atoms with Gasteiger partial charge in [-0.15, -0.1) is 0 Å². The molecule has 0 unspecified atom stereocenters. The van der Waals surface area contributed by atoms with Gasteiger partial charge in [0.1, 0.15) is 0 Å². The van der Waals surface area contributed by atoms with Crippen LogP contribution in [0, 0.1) is 0 Å². The van der Waals surface area contributed by atoms with Crippen LogP contribution in [-0.4, -0.2) is 35.9 Å². The molecule has 0 saturated carbocycles. The predicted octanol–water partition coefficient (Wildman–Crippen LogP) is 1.32. The van der Waals surface area contributed by atoms with Gasteiger partial charge in [-0.1, -0.05) is 19.8 Å². The Morgan fingerprint density at radius 3 is 2.72 bits per heavy atom. The van der Waals surface area contributed by atoms with E-state index in [4.69, 9.17) is 0 Å². The Bertz CT molecular complexity index is 356. The SMILES string of the molecule is CCCCCNC(=NC)NCCc1cnn(C)c1. The molecule has 0 aliphatic heterocycles. The Morgan fingerprint density at radius 2 is 2.11 bits per heavy atom. The molecule has 0 bridgehead atoms. The topological polar surface area (TPSA) is 54.2 Å². The number of guanidine groups is 1. The van der Waals surface area contributed by atoms with Gasteiger partial charge in [0.2, 0.25) is 0 Å². The van der Waals surface area contributed by atoms with Crippen molar-refractivity contribution in [3.8, 4) is 0 Å². The molecule has 0 spiro atoms. The number of rotatable bonds is 7. The molecule has 0 atom stereocenters. The van der Waals surface area contributed by atoms with Crippen LogP contribution in [-0.2, 0) is 13.5 Å². The van der Waals surface area contributed by atoms with Crippen molar-refractivity contribution in [3.63, 3.8) is 0 Å². The molecule has 0 aliphatic rings. The monoisotopic (exact) mass is 251 g/mol. The van der Waals surface area contributed by atoms with Crippen molar-refractivity contribution in [2.75, 3.05) is 20.1 Å². The number of aryl methyl sites for hydroxylation is 1. The highest BCUT2D eigenvalue weighted by Crippen LogP contribution is 1.96. The average Bonchev–Trinajstić information content (AvgIpc) is 2.78. The van der Waals surface area contributed by atoms with Crippen molar-refractivity contribution in [3.05, 3.63) is 18.0 Å². The zero-order valence-electron chi connectivity index (χ0n) is 11.7. The summed E-state index contributed by atoms with van der Waals surface area (Å²) in [7, 11) is 3.74. The fourth-order valence-corrected chi connectivity index (χ4v) is 1.73. The number of hydrogen-bond donors (Lipinski definition) is 2. The van der Waals surface area contributed by atoms with Crippen molar-refractivity contribution in [1.29, 1.82) is 0 Å². The highest BCUT2D eigenvalue weighted by molar-refractivity contribution is 5.79. The fourth-order valence-electron chi connectivity index (χ4n) is 1.73. The standard InChI is InChI=1S/C13H25N5/c1-4-5-6-8-15-13(14-2)16-9-7-12-10-17-18(3)11-12/h10-11H,4-9H2,1-3H3,(H2,14,15,16). The Balaban J connectivity index is 2.15. The van der Waals surface area contributed by atoms with Gasteiger partial charge < -0.3 is 10.6 Å². The Kier molecular flexibility index (Phi) is 6.91. The highest BCUT2D eigenvalue weighted by Gasteiger charge is 1.98. The van der Waals surface area contributed by atoms with E-state index in [2.05, 4.69) is 27.6 Å². The van der Waals surface area contributed by atoms with Crippen LogP contribution in [0.5, 0.6) is 0 Å². The van der Waals surface area contributed by atoms with E-state index >= 15 is 0 Å². The van der Waals surface area contributed by atoms with E-state index in [0.717, 1.165) is 25.5 Å². The summed E-state index contributed by atoms with van der Waals surface area (Å²) < 4.78 is 1.83. The van der Waals surface area contributed by atoms with Crippen LogP contribution in [0.2, 0.25) is 0 Å². The molecule has 0 aromatic carbocycles. The number of aliphatic imine (C=N–C) groups is 1. The first-order valence-electron chi connectivity index (χ1n) is 6.68. The van der Waals surface area contributed by atoms with Gasteiger partial charge in [0.15, 0.2) is 5.96 Å². The fraction of sp³-hybridized carbons (Fsp3) is 0.692. The molecule has 5 nitrogen and oxygen atoms in total. The third-order valence-electron chi connectivity index (χ3n) is 2.76. The molecule has 1 rings (SSSR count). The summed E-state index contributed by atoms with van der Waals surface area (Å²) in [6, 6.07) is 0. The van der Waals surface area contributed by atoms with E-state index in [9.17, 15) is 0 Å². The molecule has 0 amide bonds. The molecule has 1 heterocycles. The molecule has 1 aromatic heterocycles. The summed E-state index contributed by atoms with van der Waals surface area (Å²) in [6.07, 6.45) is 8.61. The molecule has 1 aromatic rings. The number of unbranched alkanes of at least 4 members (excludes halogenated alkanes) is 2. The van der Waals surface area contributed by atoms with E-state index in [1.54, 1.807) is 7.05 Å². The molecule has 2 N–H and O–H groups in total. The van der Waals surface area contributed by atoms with Gasteiger partial charge in [0.25, 0.3) is 0 Å². The largest absolute Gasteiger partial charge is 0.356 e. The van der Waals surface area contributed by atoms with Crippen LogP contribution in [0.4, 0.5) is 0 Å². The normalized spacial score (nSPS) is 11.6. The lowest BCUT2D eigenvalue weighted by molar-refractivity contribution is 0.682. The number of aromatic nitrogens is 2. The van der Waals surface area contributed by atoms with Crippen LogP contribution in [0.15, 0.2) is 17.4 Å². The second kappa shape index (κ2) is 8.55. The minimum atomic E-state index is 0.874. The smallest absolute Gasteiger partial charge is 0.190 e. The maximum absolute atomic E-state index is 4.20. The summed E-state index contributed by atoms with van der Waals surface area (Å²) in [5, 5.41) is 10.8. The van der Waals surface area contributed by atoms with Crippen LogP contribution >= 0.6 is 0 Å². The third kappa shape index (κ3) is 5.70. The van der Waals surface area contributed by atoms with Gasteiger partial charge in [0, 0.05) is 33.4 Å². The maximum Gasteiger partial charge on any atom is 0.190 e. The lowest BCUT2D eigenvalue weighted by Gasteiger charge is -2.11.